The molecule has 0 radical (unpaired) electrons. The van der Waals surface area contributed by atoms with Gasteiger partial charge in [0.05, 0.1) is 6.04 Å². The summed E-state index contributed by atoms with van der Waals surface area (Å²) >= 11 is 12.6. The Labute approximate surface area is 145 Å². The minimum atomic E-state index is 0.0528. The predicted octanol–water partition coefficient (Wildman–Crippen LogP) is 5.33. The van der Waals surface area contributed by atoms with Crippen LogP contribution in [0.15, 0.2) is 30.3 Å². The van der Waals surface area contributed by atoms with Gasteiger partial charge in [0.25, 0.3) is 0 Å². The number of fused-ring (bicyclic) bond motifs is 3. The zero-order chi connectivity index (χ0) is 16.1. The second-order valence-electron chi connectivity index (χ2n) is 6.32. The molecule has 23 heavy (non-hydrogen) atoms. The molecule has 2 aromatic carbocycles. The first-order chi connectivity index (χ1) is 11.0. The number of rotatable bonds is 1. The van der Waals surface area contributed by atoms with Crippen LogP contribution in [0.2, 0.25) is 10.0 Å². The van der Waals surface area contributed by atoms with Crippen LogP contribution in [0.5, 0.6) is 0 Å². The molecule has 1 atom stereocenters. The van der Waals surface area contributed by atoms with E-state index in [1.54, 1.807) is 0 Å². The highest BCUT2D eigenvalue weighted by Gasteiger charge is 2.27. The van der Waals surface area contributed by atoms with Crippen LogP contribution in [0.25, 0.3) is 10.9 Å². The van der Waals surface area contributed by atoms with Crippen LogP contribution in [-0.4, -0.2) is 11.5 Å². The molecule has 0 aliphatic carbocycles. The van der Waals surface area contributed by atoms with Gasteiger partial charge in [0, 0.05) is 33.2 Å². The number of H-pyrrole nitrogens is 1. The molecule has 1 aliphatic rings. The Hall–Kier alpha value is -1.48. The highest BCUT2D eigenvalue weighted by molar-refractivity contribution is 6.33. The maximum absolute atomic E-state index is 6.44. The van der Waals surface area contributed by atoms with Crippen LogP contribution in [0.1, 0.15) is 34.0 Å². The van der Waals surface area contributed by atoms with Crippen LogP contribution in [-0.2, 0) is 6.42 Å². The number of hydrogen-bond donors (Lipinski definition) is 2. The van der Waals surface area contributed by atoms with E-state index in [1.165, 1.54) is 33.3 Å². The molecule has 2 heterocycles. The summed E-state index contributed by atoms with van der Waals surface area (Å²) in [6.07, 6.45) is 1.02. The van der Waals surface area contributed by atoms with Gasteiger partial charge < -0.3 is 10.3 Å². The normalized spacial score (nSPS) is 17.5. The first-order valence-corrected chi connectivity index (χ1v) is 8.60. The van der Waals surface area contributed by atoms with Gasteiger partial charge in [0.15, 0.2) is 0 Å². The van der Waals surface area contributed by atoms with Crippen LogP contribution in [0.4, 0.5) is 0 Å². The number of aryl methyl sites for hydroxylation is 2. The molecule has 0 bridgehead atoms. The highest BCUT2D eigenvalue weighted by atomic mass is 35.5. The Kier molecular flexibility index (Phi) is 3.64. The zero-order valence-corrected chi connectivity index (χ0v) is 14.6. The minimum Gasteiger partial charge on any atom is -0.357 e. The molecule has 1 aliphatic heterocycles. The summed E-state index contributed by atoms with van der Waals surface area (Å²) in [6, 6.07) is 10.2. The number of aromatic amines is 1. The van der Waals surface area contributed by atoms with Crippen molar-refractivity contribution in [2.45, 2.75) is 26.3 Å². The summed E-state index contributed by atoms with van der Waals surface area (Å²) in [6.45, 7) is 5.25. The predicted molar refractivity (Wildman–Crippen MR) is 97.8 cm³/mol. The largest absolute Gasteiger partial charge is 0.357 e. The van der Waals surface area contributed by atoms with Gasteiger partial charge in [-0.05, 0) is 66.8 Å². The Balaban J connectivity index is 1.95. The smallest absolute Gasteiger partial charge is 0.0747 e. The molecule has 4 heteroatoms. The maximum atomic E-state index is 6.44. The van der Waals surface area contributed by atoms with E-state index in [2.05, 4.69) is 36.3 Å². The van der Waals surface area contributed by atoms with Crippen molar-refractivity contribution in [1.29, 1.82) is 0 Å². The van der Waals surface area contributed by atoms with E-state index >= 15 is 0 Å². The van der Waals surface area contributed by atoms with Crippen LogP contribution < -0.4 is 5.32 Å². The number of hydrogen-bond acceptors (Lipinski definition) is 1. The minimum absolute atomic E-state index is 0.0528. The summed E-state index contributed by atoms with van der Waals surface area (Å²) in [5.41, 5.74) is 7.45. The molecule has 3 aromatic rings. The van der Waals surface area contributed by atoms with Gasteiger partial charge in [0.2, 0.25) is 0 Å². The molecule has 1 unspecified atom stereocenters. The first-order valence-electron chi connectivity index (χ1n) is 7.84. The van der Waals surface area contributed by atoms with E-state index in [1.807, 2.05) is 18.2 Å². The van der Waals surface area contributed by atoms with Crippen LogP contribution >= 0.6 is 23.2 Å². The van der Waals surface area contributed by atoms with Gasteiger partial charge in [-0.3, -0.25) is 0 Å². The number of nitrogens with one attached hydrogen (secondary N) is 2. The molecule has 0 spiro atoms. The lowest BCUT2D eigenvalue weighted by Crippen LogP contribution is -2.30. The third-order valence-corrected chi connectivity index (χ3v) is 5.24. The van der Waals surface area contributed by atoms with Gasteiger partial charge >= 0.3 is 0 Å². The summed E-state index contributed by atoms with van der Waals surface area (Å²) < 4.78 is 0. The van der Waals surface area contributed by atoms with E-state index in [9.17, 15) is 0 Å². The molecule has 0 saturated heterocycles. The quantitative estimate of drug-likeness (QED) is 0.613. The van der Waals surface area contributed by atoms with Crippen LogP contribution in [0, 0.1) is 13.8 Å². The van der Waals surface area contributed by atoms with Gasteiger partial charge in [-0.1, -0.05) is 29.3 Å². The van der Waals surface area contributed by atoms with Gasteiger partial charge in [-0.2, -0.15) is 0 Å². The Morgan fingerprint density at radius 2 is 1.91 bits per heavy atom. The standard InChI is InChI=1S/C19H18Cl2N2/c1-10-7-11(2)17-13-5-6-22-18(19(13)23-16(17)8-10)14-9-12(20)3-4-15(14)21/h3-4,7-9,18,22-23H,5-6H2,1-2H3. The van der Waals surface area contributed by atoms with Crippen molar-refractivity contribution in [3.63, 3.8) is 0 Å². The monoisotopic (exact) mass is 344 g/mol. The molecule has 1 aromatic heterocycles. The van der Waals surface area contributed by atoms with Crippen molar-refractivity contribution in [2.24, 2.45) is 0 Å². The van der Waals surface area contributed by atoms with Crippen molar-refractivity contribution < 1.29 is 0 Å². The average Bonchev–Trinajstić information content (AvgIpc) is 2.88. The van der Waals surface area contributed by atoms with Gasteiger partial charge in [-0.25, -0.2) is 0 Å². The number of benzene rings is 2. The SMILES string of the molecule is Cc1cc(C)c2c3c([nH]c2c1)C(c1cc(Cl)ccc1Cl)NCC3. The second-order valence-corrected chi connectivity index (χ2v) is 7.17. The average molecular weight is 345 g/mol. The topological polar surface area (TPSA) is 27.8 Å². The molecule has 0 amide bonds. The molecule has 4 rings (SSSR count). The van der Waals surface area contributed by atoms with E-state index in [0.29, 0.717) is 5.02 Å². The Bertz CT molecular complexity index is 911. The summed E-state index contributed by atoms with van der Waals surface area (Å²) in [7, 11) is 0. The van der Waals surface area contributed by atoms with E-state index in [4.69, 9.17) is 23.2 Å². The highest BCUT2D eigenvalue weighted by Crippen LogP contribution is 2.38. The van der Waals surface area contributed by atoms with Gasteiger partial charge in [-0.15, -0.1) is 0 Å². The fourth-order valence-electron chi connectivity index (χ4n) is 3.77. The summed E-state index contributed by atoms with van der Waals surface area (Å²) in [5.74, 6) is 0. The van der Waals surface area contributed by atoms with Crippen LogP contribution in [0.3, 0.4) is 0 Å². The molecule has 2 N–H and O–H groups in total. The lowest BCUT2D eigenvalue weighted by Gasteiger charge is -2.26. The zero-order valence-electron chi connectivity index (χ0n) is 13.1. The van der Waals surface area contributed by atoms with Crippen molar-refractivity contribution >= 4 is 34.1 Å². The van der Waals surface area contributed by atoms with Crippen molar-refractivity contribution in [1.82, 2.24) is 10.3 Å². The summed E-state index contributed by atoms with van der Waals surface area (Å²) in [5, 5.41) is 6.39. The number of halogens is 2. The lowest BCUT2D eigenvalue weighted by molar-refractivity contribution is 0.560. The Morgan fingerprint density at radius 3 is 2.74 bits per heavy atom. The fourth-order valence-corrected chi connectivity index (χ4v) is 4.18. The van der Waals surface area contributed by atoms with E-state index < -0.39 is 0 Å². The first kappa shape index (κ1) is 15.1. The van der Waals surface area contributed by atoms with Crippen molar-refractivity contribution in [3.05, 3.63) is 68.3 Å². The molecule has 2 nitrogen and oxygen atoms in total. The molecule has 0 saturated carbocycles. The second kappa shape index (κ2) is 5.55. The third-order valence-electron chi connectivity index (χ3n) is 4.66. The van der Waals surface area contributed by atoms with Gasteiger partial charge in [0.1, 0.15) is 0 Å². The number of aromatic nitrogens is 1. The molecule has 0 fully saturated rings. The van der Waals surface area contributed by atoms with E-state index in [-0.39, 0.29) is 6.04 Å². The molecule has 118 valence electrons. The molecular formula is C19H18Cl2N2. The van der Waals surface area contributed by atoms with Crippen molar-refractivity contribution in [2.75, 3.05) is 6.54 Å². The molecular weight excluding hydrogens is 327 g/mol. The van der Waals surface area contributed by atoms with Crippen molar-refractivity contribution in [3.8, 4) is 0 Å². The third kappa shape index (κ3) is 2.46. The maximum Gasteiger partial charge on any atom is 0.0747 e. The summed E-state index contributed by atoms with van der Waals surface area (Å²) in [4.78, 5) is 3.63. The Morgan fingerprint density at radius 1 is 1.09 bits per heavy atom. The van der Waals surface area contributed by atoms with E-state index in [0.717, 1.165) is 23.6 Å². The fraction of sp³-hybridized carbons (Fsp3) is 0.263. The lowest BCUT2D eigenvalue weighted by atomic mass is 9.93.